The van der Waals surface area contributed by atoms with Crippen molar-refractivity contribution in [3.63, 3.8) is 0 Å². The Hall–Kier alpha value is -1.94. The van der Waals surface area contributed by atoms with E-state index in [1.54, 1.807) is 0 Å². The predicted molar refractivity (Wildman–Crippen MR) is 372 cm³/mol. The van der Waals surface area contributed by atoms with Gasteiger partial charge in [-0.25, -0.2) is 9.13 Å². The van der Waals surface area contributed by atoms with Crippen LogP contribution in [-0.4, -0.2) is 96.7 Å². The topological polar surface area (TPSA) is 237 Å². The van der Waals surface area contributed by atoms with E-state index in [2.05, 4.69) is 55.4 Å². The van der Waals surface area contributed by atoms with Crippen LogP contribution < -0.4 is 0 Å². The molecule has 3 N–H and O–H groups in total. The lowest BCUT2D eigenvalue weighted by atomic mass is 9.99. The first-order chi connectivity index (χ1) is 44.1. The Bertz CT molecular complexity index is 1820. The van der Waals surface area contributed by atoms with Gasteiger partial charge in [0.1, 0.15) is 19.3 Å². The summed E-state index contributed by atoms with van der Waals surface area (Å²) in [6.45, 7) is 14.1. The fourth-order valence-electron chi connectivity index (χ4n) is 11.0. The lowest BCUT2D eigenvalue weighted by Gasteiger charge is -2.21. The highest BCUT2D eigenvalue weighted by atomic mass is 31.2. The maximum absolute atomic E-state index is 13.1. The highest BCUT2D eigenvalue weighted by Gasteiger charge is 2.30. The van der Waals surface area contributed by atoms with E-state index in [9.17, 15) is 43.2 Å². The number of carbonyl (C=O) groups is 4. The van der Waals surface area contributed by atoms with Gasteiger partial charge in [-0.05, 0) is 49.4 Å². The van der Waals surface area contributed by atoms with Crippen molar-refractivity contribution in [3.05, 3.63) is 0 Å². The first kappa shape index (κ1) is 90.1. The van der Waals surface area contributed by atoms with Gasteiger partial charge in [-0.1, -0.05) is 312 Å². The molecular weight excluding hydrogens is 1210 g/mol. The van der Waals surface area contributed by atoms with E-state index in [1.165, 1.54) is 161 Å². The molecular formula is C73H142O17P2. The van der Waals surface area contributed by atoms with Crippen LogP contribution in [0, 0.1) is 23.7 Å². The molecule has 0 radical (unpaired) electrons. The molecule has 0 bridgehead atoms. The van der Waals surface area contributed by atoms with Crippen LogP contribution in [0.25, 0.3) is 0 Å². The van der Waals surface area contributed by atoms with Crippen LogP contribution in [0.2, 0.25) is 0 Å². The van der Waals surface area contributed by atoms with Crippen LogP contribution in [0.1, 0.15) is 364 Å². The zero-order valence-electron chi connectivity index (χ0n) is 60.2. The standard InChI is InChI=1S/C73H142O17P2/c1-9-66(8)52-44-36-28-22-23-31-40-48-56-73(78)90-69(60-84-71(76)54-46-38-32-24-27-35-43-51-65(6)7)62-88-92(81,82)86-58-67(74)57-85-91(79,80)87-61-68(59-83-70(75)53-45-37-29-20-17-16-19-26-34-42-50-64(4)5)89-72(77)55-47-39-30-21-15-13-11-10-12-14-18-25-33-41-49-63(2)3/h63-69,74H,9-62H2,1-8H3,(H,79,80)(H,81,82)/t66?,67?,68-,69-/m1/s1. The van der Waals surface area contributed by atoms with Crippen molar-refractivity contribution >= 4 is 39.5 Å². The minimum atomic E-state index is -4.96. The van der Waals surface area contributed by atoms with Crippen molar-refractivity contribution in [1.82, 2.24) is 0 Å². The minimum absolute atomic E-state index is 0.104. The summed E-state index contributed by atoms with van der Waals surface area (Å²) in [4.78, 5) is 72.7. The summed E-state index contributed by atoms with van der Waals surface area (Å²) in [5, 5.41) is 10.6. The van der Waals surface area contributed by atoms with Crippen molar-refractivity contribution < 1.29 is 80.2 Å². The number of aliphatic hydroxyl groups is 1. The lowest BCUT2D eigenvalue weighted by Crippen LogP contribution is -2.30. The van der Waals surface area contributed by atoms with Crippen LogP contribution in [0.4, 0.5) is 0 Å². The Morgan fingerprint density at radius 2 is 0.522 bits per heavy atom. The van der Waals surface area contributed by atoms with Crippen molar-refractivity contribution in [2.75, 3.05) is 39.6 Å². The summed E-state index contributed by atoms with van der Waals surface area (Å²) < 4.78 is 68.4. The van der Waals surface area contributed by atoms with Crippen LogP contribution in [0.3, 0.4) is 0 Å². The van der Waals surface area contributed by atoms with Gasteiger partial charge in [0.25, 0.3) is 0 Å². The average Bonchev–Trinajstić information content (AvgIpc) is 3.71. The van der Waals surface area contributed by atoms with Gasteiger partial charge >= 0.3 is 39.5 Å². The fraction of sp³-hybridized carbons (Fsp3) is 0.945. The quantitative estimate of drug-likeness (QED) is 0.0222. The number of phosphoric ester groups is 2. The van der Waals surface area contributed by atoms with Gasteiger partial charge in [-0.15, -0.1) is 0 Å². The van der Waals surface area contributed by atoms with Gasteiger partial charge in [0.2, 0.25) is 0 Å². The third kappa shape index (κ3) is 65.4. The van der Waals surface area contributed by atoms with Crippen molar-refractivity contribution in [1.29, 1.82) is 0 Å². The molecule has 0 rings (SSSR count). The maximum Gasteiger partial charge on any atom is 0.472 e. The number of aliphatic hydroxyl groups excluding tert-OH is 1. The number of phosphoric acid groups is 2. The van der Waals surface area contributed by atoms with Gasteiger partial charge in [-0.3, -0.25) is 37.3 Å². The average molecular weight is 1350 g/mol. The first-order valence-electron chi connectivity index (χ1n) is 37.7. The van der Waals surface area contributed by atoms with E-state index in [1.807, 2.05) is 0 Å². The molecule has 0 saturated heterocycles. The number of esters is 4. The molecule has 92 heavy (non-hydrogen) atoms. The zero-order chi connectivity index (χ0) is 68.2. The second kappa shape index (κ2) is 62.6. The molecule has 0 spiro atoms. The summed E-state index contributed by atoms with van der Waals surface area (Å²) in [5.41, 5.74) is 0. The third-order valence-electron chi connectivity index (χ3n) is 17.2. The van der Waals surface area contributed by atoms with Crippen LogP contribution in [0.15, 0.2) is 0 Å². The lowest BCUT2D eigenvalue weighted by molar-refractivity contribution is -0.161. The van der Waals surface area contributed by atoms with Gasteiger partial charge < -0.3 is 33.8 Å². The third-order valence-corrected chi connectivity index (χ3v) is 19.1. The summed E-state index contributed by atoms with van der Waals surface area (Å²) in [7, 11) is -9.91. The summed E-state index contributed by atoms with van der Waals surface area (Å²) in [5.74, 6) is 0.902. The monoisotopic (exact) mass is 1350 g/mol. The zero-order valence-corrected chi connectivity index (χ0v) is 62.0. The Morgan fingerprint density at radius 3 is 0.772 bits per heavy atom. The van der Waals surface area contributed by atoms with Crippen LogP contribution in [-0.2, 0) is 65.4 Å². The minimum Gasteiger partial charge on any atom is -0.462 e. The second-order valence-corrected chi connectivity index (χ2v) is 30.9. The number of hydrogen-bond acceptors (Lipinski definition) is 15. The SMILES string of the molecule is CCC(C)CCCCCCCCCCC(=O)O[C@H](COC(=O)CCCCCCCCCC(C)C)COP(=O)(O)OCC(O)COP(=O)(O)OC[C@@H](COC(=O)CCCCCCCCCCCCC(C)C)OC(=O)CCCCCCCCCCCCCCCCC(C)C. The smallest absolute Gasteiger partial charge is 0.462 e. The molecule has 0 fully saturated rings. The van der Waals surface area contributed by atoms with Crippen molar-refractivity contribution in [2.24, 2.45) is 23.7 Å². The first-order valence-corrected chi connectivity index (χ1v) is 40.7. The molecule has 0 heterocycles. The molecule has 0 aromatic rings. The Kier molecular flexibility index (Phi) is 61.3. The largest absolute Gasteiger partial charge is 0.472 e. The number of hydrogen-bond donors (Lipinski definition) is 3. The number of rotatable bonds is 70. The van der Waals surface area contributed by atoms with E-state index >= 15 is 0 Å². The molecule has 6 atom stereocenters. The Labute approximate surface area is 562 Å². The molecule has 0 amide bonds. The molecule has 0 aliphatic carbocycles. The number of carbonyl (C=O) groups excluding carboxylic acids is 4. The van der Waals surface area contributed by atoms with E-state index < -0.39 is 97.5 Å². The van der Waals surface area contributed by atoms with Crippen molar-refractivity contribution in [2.45, 2.75) is 382 Å². The highest BCUT2D eigenvalue weighted by molar-refractivity contribution is 7.47. The van der Waals surface area contributed by atoms with E-state index in [0.29, 0.717) is 31.6 Å². The molecule has 19 heteroatoms. The van der Waals surface area contributed by atoms with Gasteiger partial charge in [0, 0.05) is 25.7 Å². The van der Waals surface area contributed by atoms with Gasteiger partial charge in [-0.2, -0.15) is 0 Å². The maximum atomic E-state index is 13.1. The summed E-state index contributed by atoms with van der Waals surface area (Å²) in [6.07, 6.45) is 45.8. The van der Waals surface area contributed by atoms with Gasteiger partial charge in [0.05, 0.1) is 26.4 Å². The molecule has 0 aromatic heterocycles. The van der Waals surface area contributed by atoms with Crippen molar-refractivity contribution in [3.8, 4) is 0 Å². The van der Waals surface area contributed by atoms with E-state index in [-0.39, 0.29) is 25.7 Å². The highest BCUT2D eigenvalue weighted by Crippen LogP contribution is 2.45. The molecule has 0 aromatic carbocycles. The van der Waals surface area contributed by atoms with Crippen LogP contribution >= 0.6 is 15.6 Å². The predicted octanol–water partition coefficient (Wildman–Crippen LogP) is 20.9. The summed E-state index contributed by atoms with van der Waals surface area (Å²) in [6, 6.07) is 0. The molecule has 4 unspecified atom stereocenters. The Morgan fingerprint density at radius 1 is 0.304 bits per heavy atom. The molecule has 0 saturated carbocycles. The molecule has 17 nitrogen and oxygen atoms in total. The molecule has 546 valence electrons. The normalized spacial score (nSPS) is 14.5. The number of ether oxygens (including phenoxy) is 4. The van der Waals surface area contributed by atoms with E-state index in [0.717, 1.165) is 114 Å². The van der Waals surface area contributed by atoms with Crippen LogP contribution in [0.5, 0.6) is 0 Å². The second-order valence-electron chi connectivity index (χ2n) is 28.0. The molecule has 0 aliphatic rings. The summed E-state index contributed by atoms with van der Waals surface area (Å²) >= 11 is 0. The van der Waals surface area contributed by atoms with Gasteiger partial charge in [0.15, 0.2) is 12.2 Å². The fourth-order valence-corrected chi connectivity index (χ4v) is 12.6. The molecule has 0 aliphatic heterocycles. The number of unbranched alkanes of at least 4 members (excludes halogenated alkanes) is 35. The van der Waals surface area contributed by atoms with E-state index in [4.69, 9.17) is 37.0 Å². The Balaban J connectivity index is 5.26.